The highest BCUT2D eigenvalue weighted by atomic mass is 16.1. The molecule has 2 N–H and O–H groups in total. The van der Waals surface area contributed by atoms with Gasteiger partial charge in [-0.2, -0.15) is 0 Å². The second-order valence-corrected chi connectivity index (χ2v) is 5.75. The molecule has 3 heteroatoms. The largest absolute Gasteiger partial charge is 0.353 e. The van der Waals surface area contributed by atoms with Gasteiger partial charge in [0.15, 0.2) is 0 Å². The van der Waals surface area contributed by atoms with Crippen molar-refractivity contribution in [2.75, 3.05) is 13.1 Å². The van der Waals surface area contributed by atoms with Crippen LogP contribution in [0.3, 0.4) is 0 Å². The smallest absolute Gasteiger partial charge is 0.224 e. The fourth-order valence-electron chi connectivity index (χ4n) is 2.65. The molecule has 2 atom stereocenters. The second kappa shape index (κ2) is 6.20. The van der Waals surface area contributed by atoms with Crippen LogP contribution in [0.2, 0.25) is 0 Å². The highest BCUT2D eigenvalue weighted by Crippen LogP contribution is 2.13. The van der Waals surface area contributed by atoms with Gasteiger partial charge in [0.2, 0.25) is 5.91 Å². The van der Waals surface area contributed by atoms with Gasteiger partial charge >= 0.3 is 0 Å². The molecule has 0 unspecified atom stereocenters. The van der Waals surface area contributed by atoms with Crippen molar-refractivity contribution >= 4 is 5.91 Å². The van der Waals surface area contributed by atoms with Crippen molar-refractivity contribution in [2.24, 2.45) is 5.92 Å². The minimum atomic E-state index is 0.146. The molecular formula is C16H24N2O. The topological polar surface area (TPSA) is 41.1 Å². The molecule has 1 saturated heterocycles. The van der Waals surface area contributed by atoms with Crippen LogP contribution in [-0.4, -0.2) is 25.0 Å². The molecule has 1 aromatic carbocycles. The maximum Gasteiger partial charge on any atom is 0.224 e. The lowest BCUT2D eigenvalue weighted by molar-refractivity contribution is -0.121. The van der Waals surface area contributed by atoms with Gasteiger partial charge in [-0.25, -0.2) is 0 Å². The molecule has 0 bridgehead atoms. The fraction of sp³-hybridized carbons (Fsp3) is 0.562. The van der Waals surface area contributed by atoms with Crippen LogP contribution in [0.1, 0.15) is 30.0 Å². The molecule has 1 aliphatic heterocycles. The van der Waals surface area contributed by atoms with E-state index in [1.165, 1.54) is 11.1 Å². The van der Waals surface area contributed by atoms with E-state index in [-0.39, 0.29) is 5.91 Å². The van der Waals surface area contributed by atoms with Gasteiger partial charge in [0.1, 0.15) is 0 Å². The first-order valence-electron chi connectivity index (χ1n) is 7.12. The van der Waals surface area contributed by atoms with E-state index >= 15 is 0 Å². The number of nitrogens with one attached hydrogen (secondary N) is 2. The van der Waals surface area contributed by atoms with Gasteiger partial charge in [0.05, 0.1) is 6.42 Å². The number of carbonyl (C=O) groups excluding carboxylic acids is 1. The number of carbonyl (C=O) groups is 1. The van der Waals surface area contributed by atoms with Gasteiger partial charge in [-0.3, -0.25) is 4.79 Å². The fourth-order valence-corrected chi connectivity index (χ4v) is 2.65. The molecule has 1 aliphatic rings. The summed E-state index contributed by atoms with van der Waals surface area (Å²) < 4.78 is 0. The zero-order chi connectivity index (χ0) is 13.8. The van der Waals surface area contributed by atoms with Crippen molar-refractivity contribution in [1.82, 2.24) is 10.6 Å². The van der Waals surface area contributed by atoms with Crippen LogP contribution in [0.5, 0.6) is 0 Å². The molecule has 0 radical (unpaired) electrons. The van der Waals surface area contributed by atoms with Gasteiger partial charge in [0.25, 0.3) is 0 Å². The van der Waals surface area contributed by atoms with Gasteiger partial charge in [-0.05, 0) is 50.4 Å². The average molecular weight is 260 g/mol. The molecule has 0 saturated carbocycles. The number of benzene rings is 1. The molecule has 104 valence electrons. The van der Waals surface area contributed by atoms with Gasteiger partial charge in [-0.1, -0.05) is 30.7 Å². The van der Waals surface area contributed by atoms with Crippen LogP contribution in [0.25, 0.3) is 0 Å². The highest BCUT2D eigenvalue weighted by molar-refractivity contribution is 5.79. The number of amides is 1. The van der Waals surface area contributed by atoms with E-state index in [1.54, 1.807) is 0 Å². The third-order valence-electron chi connectivity index (χ3n) is 3.99. The summed E-state index contributed by atoms with van der Waals surface area (Å²) >= 11 is 0. The van der Waals surface area contributed by atoms with Crippen molar-refractivity contribution in [3.8, 4) is 0 Å². The molecule has 0 spiro atoms. The third-order valence-corrected chi connectivity index (χ3v) is 3.99. The Labute approximate surface area is 115 Å². The Hall–Kier alpha value is -1.35. The maximum absolute atomic E-state index is 12.2. The summed E-state index contributed by atoms with van der Waals surface area (Å²) in [5.74, 6) is 0.656. The van der Waals surface area contributed by atoms with Gasteiger partial charge < -0.3 is 10.6 Å². The Balaban J connectivity index is 1.95. The lowest BCUT2D eigenvalue weighted by atomic mass is 9.94. The number of aryl methyl sites for hydroxylation is 2. The minimum Gasteiger partial charge on any atom is -0.353 e. The van der Waals surface area contributed by atoms with Crippen molar-refractivity contribution in [3.05, 3.63) is 34.9 Å². The summed E-state index contributed by atoms with van der Waals surface area (Å²) in [7, 11) is 0. The van der Waals surface area contributed by atoms with E-state index in [2.05, 4.69) is 49.6 Å². The molecule has 0 aliphatic carbocycles. The molecule has 1 fully saturated rings. The normalized spacial score (nSPS) is 23.1. The van der Waals surface area contributed by atoms with Crippen LogP contribution < -0.4 is 10.6 Å². The zero-order valence-corrected chi connectivity index (χ0v) is 12.1. The van der Waals surface area contributed by atoms with E-state index in [1.807, 2.05) is 0 Å². The molecule has 1 aromatic rings. The summed E-state index contributed by atoms with van der Waals surface area (Å²) in [4.78, 5) is 12.2. The Morgan fingerprint density at radius 2 is 2.21 bits per heavy atom. The van der Waals surface area contributed by atoms with Crippen LogP contribution in [0.4, 0.5) is 0 Å². The second-order valence-electron chi connectivity index (χ2n) is 5.75. The zero-order valence-electron chi connectivity index (χ0n) is 12.1. The standard InChI is InChI=1S/C16H24N2O/c1-11-4-5-12(2)14(8-11)9-16(19)18-15-6-7-17-10-13(15)3/h4-5,8,13,15,17H,6-7,9-10H2,1-3H3,(H,18,19)/t13-,15-/m0/s1. The summed E-state index contributed by atoms with van der Waals surface area (Å²) in [5.41, 5.74) is 3.54. The molecule has 19 heavy (non-hydrogen) atoms. The van der Waals surface area contributed by atoms with E-state index in [4.69, 9.17) is 0 Å². The van der Waals surface area contributed by atoms with Gasteiger partial charge in [0, 0.05) is 6.04 Å². The summed E-state index contributed by atoms with van der Waals surface area (Å²) in [5, 5.41) is 6.54. The van der Waals surface area contributed by atoms with Crippen molar-refractivity contribution in [3.63, 3.8) is 0 Å². The average Bonchev–Trinajstić information content (AvgIpc) is 2.37. The minimum absolute atomic E-state index is 0.146. The Morgan fingerprint density at radius 1 is 1.42 bits per heavy atom. The number of rotatable bonds is 3. The van der Waals surface area contributed by atoms with Crippen LogP contribution in [0.15, 0.2) is 18.2 Å². The van der Waals surface area contributed by atoms with E-state index in [0.717, 1.165) is 25.1 Å². The van der Waals surface area contributed by atoms with Gasteiger partial charge in [-0.15, -0.1) is 0 Å². The first-order valence-corrected chi connectivity index (χ1v) is 7.12. The van der Waals surface area contributed by atoms with E-state index in [0.29, 0.717) is 18.4 Å². The van der Waals surface area contributed by atoms with Crippen molar-refractivity contribution < 1.29 is 4.79 Å². The SMILES string of the molecule is Cc1ccc(C)c(CC(=O)N[C@H]2CCNC[C@@H]2C)c1. The summed E-state index contributed by atoms with van der Waals surface area (Å²) in [6, 6.07) is 6.61. The lowest BCUT2D eigenvalue weighted by Crippen LogP contribution is -2.48. The first-order chi connectivity index (χ1) is 9.06. The molecule has 1 heterocycles. The Morgan fingerprint density at radius 3 is 2.95 bits per heavy atom. The van der Waals surface area contributed by atoms with E-state index < -0.39 is 0 Å². The predicted molar refractivity (Wildman–Crippen MR) is 78.2 cm³/mol. The highest BCUT2D eigenvalue weighted by Gasteiger charge is 2.22. The third kappa shape index (κ3) is 3.80. The Bertz CT molecular complexity index is 456. The quantitative estimate of drug-likeness (QED) is 0.872. The first kappa shape index (κ1) is 14.1. The Kier molecular flexibility index (Phi) is 4.59. The summed E-state index contributed by atoms with van der Waals surface area (Å²) in [6.07, 6.45) is 1.52. The van der Waals surface area contributed by atoms with E-state index in [9.17, 15) is 4.79 Å². The molecule has 3 nitrogen and oxygen atoms in total. The van der Waals surface area contributed by atoms with Crippen LogP contribution >= 0.6 is 0 Å². The molecule has 0 aromatic heterocycles. The number of hydrogen-bond donors (Lipinski definition) is 2. The predicted octanol–water partition coefficient (Wildman–Crippen LogP) is 1.96. The summed E-state index contributed by atoms with van der Waals surface area (Å²) in [6.45, 7) is 8.31. The number of hydrogen-bond acceptors (Lipinski definition) is 2. The maximum atomic E-state index is 12.2. The molecule has 1 amide bonds. The molecular weight excluding hydrogens is 236 g/mol. The lowest BCUT2D eigenvalue weighted by Gasteiger charge is -2.30. The molecule has 2 rings (SSSR count). The van der Waals surface area contributed by atoms with Crippen LogP contribution in [0, 0.1) is 19.8 Å². The van der Waals surface area contributed by atoms with Crippen LogP contribution in [-0.2, 0) is 11.2 Å². The van der Waals surface area contributed by atoms with Crippen molar-refractivity contribution in [2.45, 2.75) is 39.7 Å². The number of piperidine rings is 1. The van der Waals surface area contributed by atoms with Crippen molar-refractivity contribution in [1.29, 1.82) is 0 Å². The monoisotopic (exact) mass is 260 g/mol.